The number of rotatable bonds is 17. The first kappa shape index (κ1) is 31.9. The first-order chi connectivity index (χ1) is 16.3. The largest absolute Gasteiger partial charge is 0.480 e. The Hall–Kier alpha value is -3.07. The molecule has 12 N–H and O–H groups in total. The lowest BCUT2D eigenvalue weighted by molar-refractivity contribution is -0.142. The van der Waals surface area contributed by atoms with Crippen LogP contribution in [0.3, 0.4) is 0 Å². The summed E-state index contributed by atoms with van der Waals surface area (Å²) in [6, 6.07) is -4.51. The highest BCUT2D eigenvalue weighted by Gasteiger charge is 2.29. The van der Waals surface area contributed by atoms with Crippen LogP contribution in [0.1, 0.15) is 46.0 Å². The zero-order valence-electron chi connectivity index (χ0n) is 20.0. The molecule has 0 aromatic rings. The monoisotopic (exact) mass is 518 g/mol. The number of carboxylic acid groups (broad SMARTS) is 1. The van der Waals surface area contributed by atoms with E-state index in [1.165, 1.54) is 0 Å². The maximum absolute atomic E-state index is 12.9. The van der Waals surface area contributed by atoms with E-state index in [0.717, 1.165) is 0 Å². The van der Waals surface area contributed by atoms with E-state index in [1.807, 2.05) is 13.8 Å². The number of nitrogens with one attached hydrogen (secondary N) is 3. The van der Waals surface area contributed by atoms with Crippen LogP contribution in [0.5, 0.6) is 0 Å². The van der Waals surface area contributed by atoms with Crippen molar-refractivity contribution in [2.75, 3.05) is 12.3 Å². The first-order valence-electron chi connectivity index (χ1n) is 11.1. The standard InChI is InChI=1S/C20H38N8O6S/c1-10(2)8-11(21)16(30)26-12(4-3-7-25-20(23)24)17(31)28-14(9-35)18(32)27-13(19(33)34)5-6-15(22)29/h10-14,35H,3-9,21H2,1-2H3,(H2,22,29)(H,26,30)(H,27,32)(H,28,31)(H,33,34)(H4,23,24,25). The van der Waals surface area contributed by atoms with Gasteiger partial charge in [0, 0.05) is 18.7 Å². The number of hydrogen-bond acceptors (Lipinski definition) is 8. The summed E-state index contributed by atoms with van der Waals surface area (Å²) in [5.41, 5.74) is 21.5. The predicted octanol–water partition coefficient (Wildman–Crippen LogP) is -2.85. The number of aliphatic carboxylic acids is 1. The second kappa shape index (κ2) is 16.5. The Labute approximate surface area is 209 Å². The van der Waals surface area contributed by atoms with Crippen LogP contribution in [0.4, 0.5) is 0 Å². The quantitative estimate of drug-likeness (QED) is 0.0414. The fraction of sp³-hybridized carbons (Fsp3) is 0.700. The van der Waals surface area contributed by atoms with Crippen molar-refractivity contribution in [3.63, 3.8) is 0 Å². The summed E-state index contributed by atoms with van der Waals surface area (Å²) in [4.78, 5) is 64.1. The second-order valence-electron chi connectivity index (χ2n) is 8.39. The van der Waals surface area contributed by atoms with Crippen molar-refractivity contribution in [1.82, 2.24) is 16.0 Å². The number of thiol groups is 1. The van der Waals surface area contributed by atoms with Gasteiger partial charge in [-0.3, -0.25) is 24.2 Å². The molecule has 0 radical (unpaired) electrons. The number of guanidine groups is 1. The molecule has 4 amide bonds. The molecule has 0 saturated heterocycles. The Kier molecular flexibility index (Phi) is 15.1. The lowest BCUT2D eigenvalue weighted by Crippen LogP contribution is -2.57. The third-order valence-electron chi connectivity index (χ3n) is 4.75. The summed E-state index contributed by atoms with van der Waals surface area (Å²) in [5.74, 6) is -4.28. The molecule has 15 heteroatoms. The van der Waals surface area contributed by atoms with E-state index in [9.17, 15) is 29.1 Å². The van der Waals surface area contributed by atoms with Crippen LogP contribution in [-0.2, 0) is 24.0 Å². The SMILES string of the molecule is CC(C)CC(N)C(=O)NC(CCCN=C(N)N)C(=O)NC(CS)C(=O)NC(CCC(N)=O)C(=O)O. The topological polar surface area (TPSA) is 258 Å². The molecule has 4 unspecified atom stereocenters. The van der Waals surface area contributed by atoms with Gasteiger partial charge < -0.3 is 44.0 Å². The Morgan fingerprint density at radius 1 is 0.886 bits per heavy atom. The highest BCUT2D eigenvalue weighted by Crippen LogP contribution is 2.06. The fourth-order valence-corrected chi connectivity index (χ4v) is 3.21. The van der Waals surface area contributed by atoms with E-state index in [1.54, 1.807) is 0 Å². The van der Waals surface area contributed by atoms with E-state index in [0.29, 0.717) is 12.8 Å². The van der Waals surface area contributed by atoms with Crippen molar-refractivity contribution in [1.29, 1.82) is 0 Å². The number of nitrogens with two attached hydrogens (primary N) is 4. The molecule has 0 bridgehead atoms. The molecule has 200 valence electrons. The van der Waals surface area contributed by atoms with Crippen LogP contribution in [0.15, 0.2) is 4.99 Å². The Morgan fingerprint density at radius 3 is 1.91 bits per heavy atom. The number of aliphatic imine (C=N–C) groups is 1. The molecule has 0 aliphatic rings. The van der Waals surface area contributed by atoms with Crippen molar-refractivity contribution in [3.8, 4) is 0 Å². The number of nitrogens with zero attached hydrogens (tertiary/aromatic N) is 1. The van der Waals surface area contributed by atoms with Crippen molar-refractivity contribution in [3.05, 3.63) is 0 Å². The van der Waals surface area contributed by atoms with Crippen molar-refractivity contribution < 1.29 is 29.1 Å². The van der Waals surface area contributed by atoms with Gasteiger partial charge in [-0.2, -0.15) is 12.6 Å². The minimum absolute atomic E-state index is 0.120. The average Bonchev–Trinajstić information content (AvgIpc) is 2.75. The van der Waals surface area contributed by atoms with Crippen molar-refractivity contribution in [2.24, 2.45) is 33.8 Å². The molecule has 0 rings (SSSR count). The summed E-state index contributed by atoms with van der Waals surface area (Å²) in [5, 5.41) is 16.6. The maximum atomic E-state index is 12.9. The Bertz CT molecular complexity index is 775. The summed E-state index contributed by atoms with van der Waals surface area (Å²) >= 11 is 4.06. The highest BCUT2D eigenvalue weighted by molar-refractivity contribution is 7.80. The molecule has 0 aromatic carbocycles. The molecule has 35 heavy (non-hydrogen) atoms. The number of primary amides is 1. The molecule has 4 atom stereocenters. The summed E-state index contributed by atoms with van der Waals surface area (Å²) in [6.45, 7) is 4.00. The van der Waals surface area contributed by atoms with Crippen LogP contribution in [0.2, 0.25) is 0 Å². The summed E-state index contributed by atoms with van der Waals surface area (Å²) < 4.78 is 0. The summed E-state index contributed by atoms with van der Waals surface area (Å²) in [6.07, 6.45) is 0.399. The molecule has 0 aliphatic carbocycles. The number of amides is 4. The van der Waals surface area contributed by atoms with Gasteiger partial charge in [-0.25, -0.2) is 4.79 Å². The van der Waals surface area contributed by atoms with Gasteiger partial charge in [0.05, 0.1) is 6.04 Å². The van der Waals surface area contributed by atoms with E-state index in [-0.39, 0.29) is 43.4 Å². The van der Waals surface area contributed by atoms with E-state index in [2.05, 4.69) is 33.6 Å². The minimum Gasteiger partial charge on any atom is -0.480 e. The molecule has 0 spiro atoms. The van der Waals surface area contributed by atoms with Gasteiger partial charge in [0.25, 0.3) is 0 Å². The molecular formula is C20H38N8O6S. The third kappa shape index (κ3) is 14.0. The lowest BCUT2D eigenvalue weighted by Gasteiger charge is -2.24. The first-order valence-corrected chi connectivity index (χ1v) is 11.8. The van der Waals surface area contributed by atoms with Crippen LogP contribution in [0.25, 0.3) is 0 Å². The molecule has 0 heterocycles. The van der Waals surface area contributed by atoms with Gasteiger partial charge in [0.1, 0.15) is 18.1 Å². The van der Waals surface area contributed by atoms with Crippen LogP contribution < -0.4 is 38.9 Å². The van der Waals surface area contributed by atoms with Gasteiger partial charge in [0.15, 0.2) is 5.96 Å². The van der Waals surface area contributed by atoms with Gasteiger partial charge in [-0.05, 0) is 31.6 Å². The van der Waals surface area contributed by atoms with Gasteiger partial charge in [0.2, 0.25) is 23.6 Å². The van der Waals surface area contributed by atoms with Crippen molar-refractivity contribution >= 4 is 48.2 Å². The highest BCUT2D eigenvalue weighted by atomic mass is 32.1. The normalized spacial score (nSPS) is 14.2. The average molecular weight is 519 g/mol. The van der Waals surface area contributed by atoms with E-state index < -0.39 is 53.8 Å². The smallest absolute Gasteiger partial charge is 0.326 e. The zero-order chi connectivity index (χ0) is 27.1. The van der Waals surface area contributed by atoms with Crippen LogP contribution >= 0.6 is 12.6 Å². The third-order valence-corrected chi connectivity index (χ3v) is 5.12. The molecular weight excluding hydrogens is 480 g/mol. The zero-order valence-corrected chi connectivity index (χ0v) is 20.9. The number of carboxylic acids is 1. The van der Waals surface area contributed by atoms with Crippen LogP contribution in [-0.4, -0.2) is 77.1 Å². The molecule has 0 aromatic heterocycles. The fourth-order valence-electron chi connectivity index (χ4n) is 2.95. The molecule has 0 fully saturated rings. The number of carbonyl (C=O) groups is 5. The Morgan fingerprint density at radius 2 is 1.43 bits per heavy atom. The van der Waals surface area contributed by atoms with E-state index >= 15 is 0 Å². The molecule has 14 nitrogen and oxygen atoms in total. The Balaban J connectivity index is 5.36. The maximum Gasteiger partial charge on any atom is 0.326 e. The van der Waals surface area contributed by atoms with Gasteiger partial charge in [-0.15, -0.1) is 0 Å². The minimum atomic E-state index is -1.39. The van der Waals surface area contributed by atoms with Gasteiger partial charge in [-0.1, -0.05) is 13.8 Å². The number of carbonyl (C=O) groups excluding carboxylic acids is 4. The number of hydrogen-bond donors (Lipinski definition) is 9. The predicted molar refractivity (Wildman–Crippen MR) is 133 cm³/mol. The van der Waals surface area contributed by atoms with Gasteiger partial charge >= 0.3 is 5.97 Å². The molecule has 0 saturated carbocycles. The van der Waals surface area contributed by atoms with Crippen molar-refractivity contribution in [2.45, 2.75) is 70.1 Å². The molecule has 0 aliphatic heterocycles. The van der Waals surface area contributed by atoms with E-state index in [4.69, 9.17) is 22.9 Å². The summed E-state index contributed by atoms with van der Waals surface area (Å²) in [7, 11) is 0. The van der Waals surface area contributed by atoms with Crippen LogP contribution in [0, 0.1) is 5.92 Å². The lowest BCUT2D eigenvalue weighted by atomic mass is 10.0. The second-order valence-corrected chi connectivity index (χ2v) is 8.76.